The van der Waals surface area contributed by atoms with Crippen molar-refractivity contribution >= 4 is 11.9 Å². The third-order valence-electron chi connectivity index (χ3n) is 2.87. The highest BCUT2D eigenvalue weighted by Gasteiger charge is 2.25. The predicted octanol–water partition coefficient (Wildman–Crippen LogP) is 1.54. The number of hydrogen-bond acceptors (Lipinski definition) is 4. The Bertz CT molecular complexity index is 498. The van der Waals surface area contributed by atoms with Crippen molar-refractivity contribution in [2.45, 2.75) is 19.9 Å². The molecule has 20 heavy (non-hydrogen) atoms. The Balaban J connectivity index is 3.04. The van der Waals surface area contributed by atoms with Crippen LogP contribution in [0.2, 0.25) is 0 Å². The van der Waals surface area contributed by atoms with E-state index in [1.54, 1.807) is 26.0 Å². The van der Waals surface area contributed by atoms with Crippen LogP contribution in [-0.2, 0) is 4.79 Å². The van der Waals surface area contributed by atoms with Gasteiger partial charge in [0, 0.05) is 0 Å². The Hall–Kier alpha value is -2.24. The summed E-state index contributed by atoms with van der Waals surface area (Å²) in [5.41, 5.74) is 0.235. The molecule has 0 spiro atoms. The van der Waals surface area contributed by atoms with Crippen molar-refractivity contribution in [3.05, 3.63) is 23.8 Å². The summed E-state index contributed by atoms with van der Waals surface area (Å²) in [6.45, 7) is 3.45. The minimum atomic E-state index is -1.07. The molecular formula is C14H19NO5. The summed E-state index contributed by atoms with van der Waals surface area (Å²) in [5.74, 6) is -0.964. The van der Waals surface area contributed by atoms with Gasteiger partial charge in [0.05, 0.1) is 19.8 Å². The summed E-state index contributed by atoms with van der Waals surface area (Å²) in [7, 11) is 2.92. The average molecular weight is 281 g/mol. The quantitative estimate of drug-likeness (QED) is 0.826. The molecule has 0 heterocycles. The minimum Gasteiger partial charge on any atom is -0.497 e. The molecule has 1 atom stereocenters. The third-order valence-corrected chi connectivity index (χ3v) is 2.87. The molecule has 1 aromatic carbocycles. The van der Waals surface area contributed by atoms with Crippen LogP contribution >= 0.6 is 0 Å². The average Bonchev–Trinajstić information content (AvgIpc) is 2.42. The first-order valence-electron chi connectivity index (χ1n) is 6.16. The lowest BCUT2D eigenvalue weighted by Gasteiger charge is -2.19. The molecule has 1 unspecified atom stereocenters. The smallest absolute Gasteiger partial charge is 0.326 e. The first kappa shape index (κ1) is 15.8. The zero-order chi connectivity index (χ0) is 15.3. The van der Waals surface area contributed by atoms with Crippen LogP contribution in [0.1, 0.15) is 24.2 Å². The largest absolute Gasteiger partial charge is 0.497 e. The Morgan fingerprint density at radius 3 is 2.30 bits per heavy atom. The van der Waals surface area contributed by atoms with Gasteiger partial charge in [-0.05, 0) is 24.1 Å². The first-order chi connectivity index (χ1) is 9.40. The number of nitrogens with one attached hydrogen (secondary N) is 1. The number of hydrogen-bond donors (Lipinski definition) is 2. The molecule has 1 amide bonds. The van der Waals surface area contributed by atoms with Crippen LogP contribution < -0.4 is 14.8 Å². The van der Waals surface area contributed by atoms with E-state index in [0.717, 1.165) is 0 Å². The molecule has 6 nitrogen and oxygen atoms in total. The summed E-state index contributed by atoms with van der Waals surface area (Å²) in [4.78, 5) is 23.3. The first-order valence-corrected chi connectivity index (χ1v) is 6.16. The summed E-state index contributed by atoms with van der Waals surface area (Å²) < 4.78 is 10.2. The van der Waals surface area contributed by atoms with Crippen LogP contribution in [0, 0.1) is 5.92 Å². The van der Waals surface area contributed by atoms with Crippen molar-refractivity contribution in [1.29, 1.82) is 0 Å². The third kappa shape index (κ3) is 3.63. The molecule has 0 bridgehead atoms. The zero-order valence-corrected chi connectivity index (χ0v) is 12.0. The van der Waals surface area contributed by atoms with Gasteiger partial charge < -0.3 is 19.9 Å². The van der Waals surface area contributed by atoms with Gasteiger partial charge in [-0.25, -0.2) is 4.79 Å². The summed E-state index contributed by atoms with van der Waals surface area (Å²) in [5, 5.41) is 11.6. The van der Waals surface area contributed by atoms with E-state index in [9.17, 15) is 9.59 Å². The molecule has 110 valence electrons. The molecule has 1 aromatic rings. The normalized spacial score (nSPS) is 11.8. The molecule has 2 N–H and O–H groups in total. The van der Waals surface area contributed by atoms with Crippen molar-refractivity contribution < 1.29 is 24.2 Å². The highest BCUT2D eigenvalue weighted by Crippen LogP contribution is 2.24. The lowest BCUT2D eigenvalue weighted by molar-refractivity contribution is -0.140. The SMILES string of the molecule is COc1ccc(OC)c(C(=O)NC(C(=O)O)C(C)C)c1. The Morgan fingerprint density at radius 1 is 1.20 bits per heavy atom. The second kappa shape index (κ2) is 6.79. The molecule has 0 aliphatic carbocycles. The van der Waals surface area contributed by atoms with Gasteiger partial charge in [-0.2, -0.15) is 0 Å². The molecular weight excluding hydrogens is 262 g/mol. The summed E-state index contributed by atoms with van der Waals surface area (Å²) in [6, 6.07) is 3.80. The van der Waals surface area contributed by atoms with E-state index in [4.69, 9.17) is 14.6 Å². The zero-order valence-electron chi connectivity index (χ0n) is 12.0. The number of carbonyl (C=O) groups excluding carboxylic acids is 1. The van der Waals surface area contributed by atoms with Gasteiger partial charge in [0.25, 0.3) is 5.91 Å². The predicted molar refractivity (Wildman–Crippen MR) is 73.3 cm³/mol. The number of carbonyl (C=O) groups is 2. The molecule has 6 heteroatoms. The lowest BCUT2D eigenvalue weighted by atomic mass is 10.0. The Labute approximate surface area is 117 Å². The Morgan fingerprint density at radius 2 is 1.85 bits per heavy atom. The van der Waals surface area contributed by atoms with E-state index in [2.05, 4.69) is 5.32 Å². The number of methoxy groups -OCH3 is 2. The number of rotatable bonds is 6. The van der Waals surface area contributed by atoms with Gasteiger partial charge >= 0.3 is 5.97 Å². The number of carboxylic acid groups (broad SMARTS) is 1. The number of benzene rings is 1. The van der Waals surface area contributed by atoms with Gasteiger partial charge in [0.15, 0.2) is 0 Å². The number of amides is 1. The monoisotopic (exact) mass is 281 g/mol. The fourth-order valence-electron chi connectivity index (χ4n) is 1.72. The van der Waals surface area contributed by atoms with E-state index in [1.807, 2.05) is 0 Å². The van der Waals surface area contributed by atoms with Crippen molar-refractivity contribution in [3.63, 3.8) is 0 Å². The van der Waals surface area contributed by atoms with Crippen molar-refractivity contribution in [2.75, 3.05) is 14.2 Å². The van der Waals surface area contributed by atoms with Crippen LogP contribution in [0.3, 0.4) is 0 Å². The van der Waals surface area contributed by atoms with E-state index >= 15 is 0 Å². The molecule has 0 aromatic heterocycles. The maximum Gasteiger partial charge on any atom is 0.326 e. The lowest BCUT2D eigenvalue weighted by Crippen LogP contribution is -2.44. The van der Waals surface area contributed by atoms with Gasteiger partial charge in [-0.1, -0.05) is 13.8 Å². The summed E-state index contributed by atoms with van der Waals surface area (Å²) >= 11 is 0. The van der Waals surface area contributed by atoms with Crippen LogP contribution in [-0.4, -0.2) is 37.2 Å². The van der Waals surface area contributed by atoms with Gasteiger partial charge in [-0.3, -0.25) is 4.79 Å². The van der Waals surface area contributed by atoms with Crippen LogP contribution in [0.15, 0.2) is 18.2 Å². The van der Waals surface area contributed by atoms with Crippen molar-refractivity contribution in [1.82, 2.24) is 5.32 Å². The van der Waals surface area contributed by atoms with Crippen molar-refractivity contribution in [3.8, 4) is 11.5 Å². The van der Waals surface area contributed by atoms with Gasteiger partial charge in [0.1, 0.15) is 17.5 Å². The highest BCUT2D eigenvalue weighted by atomic mass is 16.5. The van der Waals surface area contributed by atoms with Crippen LogP contribution in [0.4, 0.5) is 0 Å². The van der Waals surface area contributed by atoms with Crippen LogP contribution in [0.5, 0.6) is 11.5 Å². The fraction of sp³-hybridized carbons (Fsp3) is 0.429. The molecule has 0 saturated heterocycles. The van der Waals surface area contributed by atoms with E-state index in [0.29, 0.717) is 11.5 Å². The molecule has 0 radical (unpaired) electrons. The van der Waals surface area contributed by atoms with Gasteiger partial charge in [0.2, 0.25) is 0 Å². The minimum absolute atomic E-state index is 0.229. The molecule has 1 rings (SSSR count). The van der Waals surface area contributed by atoms with Crippen molar-refractivity contribution in [2.24, 2.45) is 5.92 Å². The maximum atomic E-state index is 12.2. The van der Waals surface area contributed by atoms with E-state index in [-0.39, 0.29) is 11.5 Å². The van der Waals surface area contributed by atoms with Gasteiger partial charge in [-0.15, -0.1) is 0 Å². The molecule has 0 saturated carbocycles. The number of aliphatic carboxylic acids is 1. The highest BCUT2D eigenvalue weighted by molar-refractivity contribution is 5.99. The second-order valence-electron chi connectivity index (χ2n) is 4.60. The topological polar surface area (TPSA) is 84.9 Å². The second-order valence-corrected chi connectivity index (χ2v) is 4.60. The van der Waals surface area contributed by atoms with E-state index in [1.165, 1.54) is 20.3 Å². The van der Waals surface area contributed by atoms with Crippen LogP contribution in [0.25, 0.3) is 0 Å². The standard InChI is InChI=1S/C14H19NO5/c1-8(2)12(14(17)18)15-13(16)10-7-9(19-3)5-6-11(10)20-4/h5-8,12H,1-4H3,(H,15,16)(H,17,18). The summed E-state index contributed by atoms with van der Waals surface area (Å²) in [6.07, 6.45) is 0. The number of ether oxygens (including phenoxy) is 2. The number of carboxylic acids is 1. The fourth-order valence-corrected chi connectivity index (χ4v) is 1.72. The Kier molecular flexibility index (Phi) is 5.37. The maximum absolute atomic E-state index is 12.2. The molecule has 0 aliphatic rings. The molecule has 0 aliphatic heterocycles. The molecule has 0 fully saturated rings. The van der Waals surface area contributed by atoms with E-state index < -0.39 is 17.9 Å².